The Labute approximate surface area is 99.0 Å². The molecule has 8 heavy (non-hydrogen) atoms. The van der Waals surface area contributed by atoms with Crippen LogP contribution < -0.4 is 34.0 Å². The maximum absolute atomic E-state index is 4.90. The summed E-state index contributed by atoms with van der Waals surface area (Å²) in [5.41, 5.74) is 0. The molecule has 0 saturated carbocycles. The van der Waals surface area contributed by atoms with E-state index < -0.39 is 0 Å². The van der Waals surface area contributed by atoms with Crippen molar-refractivity contribution in [2.24, 2.45) is 0 Å². The summed E-state index contributed by atoms with van der Waals surface area (Å²) in [5.74, 6) is 0. The van der Waals surface area contributed by atoms with Gasteiger partial charge in [-0.15, -0.1) is 0 Å². The normalized spacial score (nSPS) is 3.12. The molecule has 0 aromatic carbocycles. The van der Waals surface area contributed by atoms with E-state index in [9.17, 15) is 0 Å². The molecule has 0 aliphatic carbocycles. The van der Waals surface area contributed by atoms with Gasteiger partial charge in [-0.2, -0.15) is 0 Å². The summed E-state index contributed by atoms with van der Waals surface area (Å²) >= 11 is 0. The first-order chi connectivity index (χ1) is 1.91. The molecule has 0 heterocycles. The molecule has 0 N–H and O–H groups in total. The van der Waals surface area contributed by atoms with Crippen LogP contribution in [0.15, 0.2) is 6.08 Å². The van der Waals surface area contributed by atoms with Crippen LogP contribution in [0.25, 0.3) is 0 Å². The predicted molar refractivity (Wildman–Crippen MR) is 24.9 cm³/mol. The van der Waals surface area contributed by atoms with E-state index in [2.05, 4.69) is 0 Å². The molecule has 0 nitrogen and oxygen atoms in total. The Balaban J connectivity index is -0.00000000750. The number of hydrogen-bond donors (Lipinski definition) is 0. The van der Waals surface area contributed by atoms with Gasteiger partial charge in [0.1, 0.15) is 0 Å². The van der Waals surface area contributed by atoms with E-state index in [1.807, 2.05) is 6.92 Å². The molecule has 0 radical (unpaired) electrons. The number of rotatable bonds is 1. The second-order valence-corrected chi connectivity index (χ2v) is 0.644. The monoisotopic (exact) mass is 300 g/mol. The van der Waals surface area contributed by atoms with Crippen molar-refractivity contribution in [2.75, 3.05) is 0 Å². The second-order valence-electron chi connectivity index (χ2n) is 0.644. The van der Waals surface area contributed by atoms with Crippen LogP contribution in [-0.2, 0) is 17.1 Å². The molecule has 0 atom stereocenters. The van der Waals surface area contributed by atoms with Gasteiger partial charge in [0.2, 0.25) is 0 Å². The van der Waals surface area contributed by atoms with E-state index in [4.69, 9.17) is 6.58 Å². The minimum absolute atomic E-state index is 0. The maximum Gasteiger partial charge on any atom is 2.00 e. The Morgan fingerprint density at radius 2 is 1.50 bits per heavy atom. The summed E-state index contributed by atoms with van der Waals surface area (Å²) in [5, 5.41) is 0. The first kappa shape index (κ1) is 32.4. The Bertz CT molecular complexity index is 28.0. The molecule has 0 amide bonds. The van der Waals surface area contributed by atoms with Crippen LogP contribution in [0.2, 0.25) is 0 Å². The van der Waals surface area contributed by atoms with Crippen molar-refractivity contribution in [1.29, 1.82) is 0 Å². The first-order valence-electron chi connectivity index (χ1n) is 1.45. The van der Waals surface area contributed by atoms with Crippen LogP contribution in [0.5, 0.6) is 0 Å². The van der Waals surface area contributed by atoms with Crippen molar-refractivity contribution in [2.45, 2.75) is 13.3 Å². The van der Waals surface area contributed by atoms with E-state index in [-0.39, 0.29) is 74.1 Å². The fourth-order valence-electron chi connectivity index (χ4n) is 0. The van der Waals surface area contributed by atoms with Gasteiger partial charge in [-0.1, -0.05) is 13.3 Å². The SMILES string of the molecule is [Br-].[Br-].[CH-]=CCC.[Cu+].[Mg+2]. The second kappa shape index (κ2) is 36.1. The van der Waals surface area contributed by atoms with E-state index >= 15 is 0 Å². The smallest absolute Gasteiger partial charge is 1.00 e. The average Bonchev–Trinajstić information content (AvgIpc) is 1.37. The van der Waals surface area contributed by atoms with Gasteiger partial charge in [0, 0.05) is 0 Å². The molecule has 0 rings (SSSR count). The quantitative estimate of drug-likeness (QED) is 0.336. The Hall–Kier alpha value is 1.99. The summed E-state index contributed by atoms with van der Waals surface area (Å²) in [6.07, 6.45) is 2.60. The van der Waals surface area contributed by atoms with Crippen molar-refractivity contribution in [3.63, 3.8) is 0 Å². The number of allylic oxidation sites excluding steroid dienone is 1. The summed E-state index contributed by atoms with van der Waals surface area (Å²) in [6.45, 7) is 6.90. The van der Waals surface area contributed by atoms with Crippen molar-refractivity contribution < 1.29 is 51.0 Å². The van der Waals surface area contributed by atoms with Crippen molar-refractivity contribution in [3.05, 3.63) is 12.7 Å². The fraction of sp³-hybridized carbons (Fsp3) is 0.500. The number of halogens is 2. The zero-order valence-corrected chi connectivity index (χ0v) is 10.2. The van der Waals surface area contributed by atoms with Crippen LogP contribution >= 0.6 is 0 Å². The Kier molecular flexibility index (Phi) is 146. The van der Waals surface area contributed by atoms with Crippen LogP contribution in [0, 0.1) is 6.58 Å². The third kappa shape index (κ3) is 43.7. The Morgan fingerprint density at radius 3 is 1.50 bits per heavy atom. The van der Waals surface area contributed by atoms with Gasteiger partial charge in [-0.25, -0.2) is 0 Å². The molecule has 0 aliphatic heterocycles. The van der Waals surface area contributed by atoms with Crippen LogP contribution in [0.1, 0.15) is 13.3 Å². The summed E-state index contributed by atoms with van der Waals surface area (Å²) in [6, 6.07) is 0. The van der Waals surface area contributed by atoms with Gasteiger partial charge in [0.15, 0.2) is 0 Å². The third-order valence-electron chi connectivity index (χ3n) is 0.236. The van der Waals surface area contributed by atoms with Crippen molar-refractivity contribution in [3.8, 4) is 0 Å². The van der Waals surface area contributed by atoms with Crippen molar-refractivity contribution in [1.82, 2.24) is 0 Å². The van der Waals surface area contributed by atoms with Crippen molar-refractivity contribution >= 4 is 23.1 Å². The molecule has 0 saturated heterocycles. The minimum atomic E-state index is 0. The van der Waals surface area contributed by atoms with Gasteiger partial charge >= 0.3 is 40.1 Å². The van der Waals surface area contributed by atoms with E-state index in [0.717, 1.165) is 6.42 Å². The topological polar surface area (TPSA) is 0 Å². The molecule has 50 valence electrons. The minimum Gasteiger partial charge on any atom is -1.00 e. The van der Waals surface area contributed by atoms with Gasteiger partial charge in [-0.3, -0.25) is 6.08 Å². The van der Waals surface area contributed by atoms with E-state index in [0.29, 0.717) is 0 Å². The zero-order valence-electron chi connectivity index (χ0n) is 4.63. The largest absolute Gasteiger partial charge is 2.00 e. The van der Waals surface area contributed by atoms with E-state index in [1.165, 1.54) is 0 Å². The molecular formula is C4H7Br2CuMg. The zero-order chi connectivity index (χ0) is 3.41. The first-order valence-corrected chi connectivity index (χ1v) is 1.45. The van der Waals surface area contributed by atoms with Gasteiger partial charge < -0.3 is 40.5 Å². The predicted octanol–water partition coefficient (Wildman–Crippen LogP) is -4.99. The molecule has 0 unspecified atom stereocenters. The molecular weight excluding hydrogens is 296 g/mol. The number of hydrogen-bond acceptors (Lipinski definition) is 0. The average molecular weight is 303 g/mol. The van der Waals surface area contributed by atoms with Crippen LogP contribution in [-0.4, -0.2) is 23.1 Å². The summed E-state index contributed by atoms with van der Waals surface area (Å²) in [4.78, 5) is 0. The molecule has 0 aliphatic rings. The fourth-order valence-corrected chi connectivity index (χ4v) is 0. The van der Waals surface area contributed by atoms with Crippen LogP contribution in [0.3, 0.4) is 0 Å². The standard InChI is InChI=1S/C4H7.2BrH.Cu.Mg/c1-3-4-2;;;;/h1,3H,4H2,2H3;2*1H;;/q-1;;;+1;+2/p-2. The van der Waals surface area contributed by atoms with Gasteiger partial charge in [0.25, 0.3) is 0 Å². The molecule has 4 heteroatoms. The molecule has 0 aromatic rings. The van der Waals surface area contributed by atoms with E-state index in [1.54, 1.807) is 6.08 Å². The molecule has 0 aromatic heterocycles. The van der Waals surface area contributed by atoms with Gasteiger partial charge in [-0.05, 0) is 0 Å². The van der Waals surface area contributed by atoms with Gasteiger partial charge in [0.05, 0.1) is 0 Å². The third-order valence-corrected chi connectivity index (χ3v) is 0.236. The summed E-state index contributed by atoms with van der Waals surface area (Å²) < 4.78 is 0. The van der Waals surface area contributed by atoms with Crippen LogP contribution in [0.4, 0.5) is 0 Å². The summed E-state index contributed by atoms with van der Waals surface area (Å²) in [7, 11) is 0. The maximum atomic E-state index is 4.90. The molecule has 0 spiro atoms. The molecule has 0 fully saturated rings. The molecule has 0 bridgehead atoms. The Morgan fingerprint density at radius 1 is 1.38 bits per heavy atom.